The second kappa shape index (κ2) is 5.06. The molecule has 11 heavy (non-hydrogen) atoms. The van der Waals surface area contributed by atoms with Gasteiger partial charge in [-0.25, -0.2) is 0 Å². The van der Waals surface area contributed by atoms with Gasteiger partial charge >= 0.3 is 5.97 Å². The molecule has 0 fully saturated rings. The van der Waals surface area contributed by atoms with Crippen molar-refractivity contribution < 1.29 is 19.7 Å². The molecule has 0 saturated carbocycles. The molecule has 0 aromatic carbocycles. The van der Waals surface area contributed by atoms with E-state index in [1.807, 2.05) is 0 Å². The molecule has 1 unspecified atom stereocenters. The number of hydrogen-bond donors (Lipinski definition) is 3. The SMILES string of the molecule is C[C@H](O)COCC(N)C(=O)O. The molecule has 0 aliphatic heterocycles. The van der Waals surface area contributed by atoms with E-state index in [9.17, 15) is 4.79 Å². The van der Waals surface area contributed by atoms with Crippen LogP contribution in [0.3, 0.4) is 0 Å². The molecule has 0 bridgehead atoms. The first kappa shape index (κ1) is 10.3. The molecule has 0 aromatic rings. The molecule has 0 aliphatic rings. The highest BCUT2D eigenvalue weighted by Gasteiger charge is 2.11. The van der Waals surface area contributed by atoms with Gasteiger partial charge in [0.15, 0.2) is 0 Å². The third-order valence-electron chi connectivity index (χ3n) is 0.974. The van der Waals surface area contributed by atoms with Crippen LogP contribution in [0.15, 0.2) is 0 Å². The number of carboxylic acid groups (broad SMARTS) is 1. The van der Waals surface area contributed by atoms with Crippen molar-refractivity contribution in [3.05, 3.63) is 0 Å². The highest BCUT2D eigenvalue weighted by Crippen LogP contribution is 1.85. The average Bonchev–Trinajstić information content (AvgIpc) is 1.86. The first-order chi connectivity index (χ1) is 5.04. The maximum atomic E-state index is 10.1. The standard InChI is InChI=1S/C6H13NO4/c1-4(8)2-11-3-5(7)6(9)10/h4-5,8H,2-3,7H2,1H3,(H,9,10)/t4-,5?/m0/s1. The van der Waals surface area contributed by atoms with E-state index in [2.05, 4.69) is 0 Å². The average molecular weight is 163 g/mol. The predicted octanol–water partition coefficient (Wildman–Crippen LogP) is -1.20. The molecule has 0 aliphatic carbocycles. The van der Waals surface area contributed by atoms with Crippen LogP contribution < -0.4 is 5.73 Å². The molecule has 2 atom stereocenters. The number of aliphatic carboxylic acids is 1. The van der Waals surface area contributed by atoms with E-state index in [-0.39, 0.29) is 13.2 Å². The number of rotatable bonds is 5. The van der Waals surface area contributed by atoms with E-state index in [1.165, 1.54) is 0 Å². The van der Waals surface area contributed by atoms with Crippen LogP contribution in [0.1, 0.15) is 6.92 Å². The van der Waals surface area contributed by atoms with Crippen molar-refractivity contribution in [3.63, 3.8) is 0 Å². The molecule has 0 rings (SSSR count). The Hall–Kier alpha value is -0.650. The topological polar surface area (TPSA) is 92.8 Å². The summed E-state index contributed by atoms with van der Waals surface area (Å²) >= 11 is 0. The van der Waals surface area contributed by atoms with Crippen molar-refractivity contribution in [2.24, 2.45) is 5.73 Å². The zero-order valence-corrected chi connectivity index (χ0v) is 6.36. The van der Waals surface area contributed by atoms with Gasteiger partial charge in [-0.05, 0) is 6.92 Å². The van der Waals surface area contributed by atoms with E-state index in [0.717, 1.165) is 0 Å². The molecule has 0 radical (unpaired) electrons. The lowest BCUT2D eigenvalue weighted by atomic mass is 10.3. The number of aliphatic hydroxyl groups is 1. The zero-order chi connectivity index (χ0) is 8.85. The highest BCUT2D eigenvalue weighted by atomic mass is 16.5. The summed E-state index contributed by atoms with van der Waals surface area (Å²) in [6.07, 6.45) is -0.587. The molecule has 0 amide bonds. The first-order valence-electron chi connectivity index (χ1n) is 3.28. The van der Waals surface area contributed by atoms with Crippen molar-refractivity contribution in [2.45, 2.75) is 19.1 Å². The smallest absolute Gasteiger partial charge is 0.322 e. The van der Waals surface area contributed by atoms with E-state index >= 15 is 0 Å². The van der Waals surface area contributed by atoms with Gasteiger partial charge in [-0.3, -0.25) is 4.79 Å². The van der Waals surface area contributed by atoms with Crippen LogP contribution in [0, 0.1) is 0 Å². The minimum atomic E-state index is -1.10. The summed E-state index contributed by atoms with van der Waals surface area (Å²) in [5.74, 6) is -1.10. The van der Waals surface area contributed by atoms with Crippen LogP contribution in [0.25, 0.3) is 0 Å². The van der Waals surface area contributed by atoms with Crippen molar-refractivity contribution in [3.8, 4) is 0 Å². The molecule has 0 spiro atoms. The van der Waals surface area contributed by atoms with Crippen molar-refractivity contribution in [2.75, 3.05) is 13.2 Å². The van der Waals surface area contributed by atoms with Crippen LogP contribution in [-0.2, 0) is 9.53 Å². The summed E-state index contributed by atoms with van der Waals surface area (Å²) in [5.41, 5.74) is 5.10. The normalized spacial score (nSPS) is 15.9. The van der Waals surface area contributed by atoms with Gasteiger partial charge in [-0.2, -0.15) is 0 Å². The third kappa shape index (κ3) is 5.78. The molecular formula is C6H13NO4. The molecule has 0 saturated heterocycles. The Balaban J connectivity index is 3.31. The lowest BCUT2D eigenvalue weighted by Gasteiger charge is -2.08. The predicted molar refractivity (Wildman–Crippen MR) is 38.1 cm³/mol. The van der Waals surface area contributed by atoms with Gasteiger partial charge in [-0.15, -0.1) is 0 Å². The minimum Gasteiger partial charge on any atom is -0.480 e. The van der Waals surface area contributed by atoms with Crippen molar-refractivity contribution >= 4 is 5.97 Å². The van der Waals surface area contributed by atoms with Crippen molar-refractivity contribution in [1.82, 2.24) is 0 Å². The van der Waals surface area contributed by atoms with Crippen LogP contribution in [0.2, 0.25) is 0 Å². The molecule has 5 nitrogen and oxygen atoms in total. The van der Waals surface area contributed by atoms with Gasteiger partial charge in [0.1, 0.15) is 6.04 Å². The second-order valence-corrected chi connectivity index (χ2v) is 2.33. The molecule has 0 heterocycles. The van der Waals surface area contributed by atoms with Crippen molar-refractivity contribution in [1.29, 1.82) is 0 Å². The number of hydrogen-bond acceptors (Lipinski definition) is 4. The Morgan fingerprint density at radius 3 is 2.55 bits per heavy atom. The molecule has 0 aromatic heterocycles. The molecule has 5 heteroatoms. The van der Waals surface area contributed by atoms with E-state index in [0.29, 0.717) is 0 Å². The minimum absolute atomic E-state index is 0.0692. The molecule has 66 valence electrons. The lowest BCUT2D eigenvalue weighted by molar-refractivity contribution is -0.140. The fourth-order valence-corrected chi connectivity index (χ4v) is 0.437. The van der Waals surface area contributed by atoms with E-state index in [1.54, 1.807) is 6.92 Å². The largest absolute Gasteiger partial charge is 0.480 e. The molecular weight excluding hydrogens is 150 g/mol. The summed E-state index contributed by atoms with van der Waals surface area (Å²) in [6, 6.07) is -1.01. The zero-order valence-electron chi connectivity index (χ0n) is 6.36. The van der Waals surface area contributed by atoms with Gasteiger partial charge < -0.3 is 20.7 Å². The van der Waals surface area contributed by atoms with Crippen LogP contribution in [0.5, 0.6) is 0 Å². The summed E-state index contributed by atoms with van der Waals surface area (Å²) in [4.78, 5) is 10.1. The van der Waals surface area contributed by atoms with E-state index in [4.69, 9.17) is 20.7 Å². The summed E-state index contributed by atoms with van der Waals surface area (Å²) in [6.45, 7) is 1.59. The maximum absolute atomic E-state index is 10.1. The van der Waals surface area contributed by atoms with Gasteiger partial charge in [-0.1, -0.05) is 0 Å². The van der Waals surface area contributed by atoms with E-state index < -0.39 is 18.1 Å². The quantitative estimate of drug-likeness (QED) is 0.473. The summed E-state index contributed by atoms with van der Waals surface area (Å²) in [7, 11) is 0. The third-order valence-corrected chi connectivity index (χ3v) is 0.974. The fraction of sp³-hybridized carbons (Fsp3) is 0.833. The lowest BCUT2D eigenvalue weighted by Crippen LogP contribution is -2.35. The Morgan fingerprint density at radius 2 is 2.18 bits per heavy atom. The fourth-order valence-electron chi connectivity index (χ4n) is 0.437. The van der Waals surface area contributed by atoms with Gasteiger partial charge in [0.05, 0.1) is 19.3 Å². The number of nitrogens with two attached hydrogens (primary N) is 1. The number of ether oxygens (including phenoxy) is 1. The summed E-state index contributed by atoms with van der Waals surface area (Å²) < 4.78 is 4.76. The van der Waals surface area contributed by atoms with Crippen LogP contribution in [0.4, 0.5) is 0 Å². The Bertz CT molecular complexity index is 126. The monoisotopic (exact) mass is 163 g/mol. The Morgan fingerprint density at radius 1 is 1.64 bits per heavy atom. The van der Waals surface area contributed by atoms with Gasteiger partial charge in [0.25, 0.3) is 0 Å². The number of carbonyl (C=O) groups is 1. The summed E-state index contributed by atoms with van der Waals surface area (Å²) in [5, 5.41) is 17.0. The van der Waals surface area contributed by atoms with Crippen LogP contribution in [-0.4, -0.2) is 41.5 Å². The van der Waals surface area contributed by atoms with Gasteiger partial charge in [0, 0.05) is 0 Å². The first-order valence-corrected chi connectivity index (χ1v) is 3.28. The van der Waals surface area contributed by atoms with Gasteiger partial charge in [0.2, 0.25) is 0 Å². The Labute approximate surface area is 64.8 Å². The second-order valence-electron chi connectivity index (χ2n) is 2.33. The Kier molecular flexibility index (Phi) is 4.76. The number of aliphatic hydroxyl groups excluding tert-OH is 1. The van der Waals surface area contributed by atoms with Crippen LogP contribution >= 0.6 is 0 Å². The molecule has 4 N–H and O–H groups in total. The maximum Gasteiger partial charge on any atom is 0.322 e. The number of carboxylic acids is 1. The highest BCUT2D eigenvalue weighted by molar-refractivity contribution is 5.73.